The van der Waals surface area contributed by atoms with E-state index in [4.69, 9.17) is 4.74 Å². The van der Waals surface area contributed by atoms with E-state index in [9.17, 15) is 9.59 Å². The molecular weight excluding hydrogens is 450 g/mol. The first-order valence-corrected chi connectivity index (χ1v) is 12.4. The number of benzene rings is 2. The van der Waals surface area contributed by atoms with E-state index in [1.807, 2.05) is 30.3 Å². The van der Waals surface area contributed by atoms with E-state index in [1.54, 1.807) is 31.4 Å². The van der Waals surface area contributed by atoms with Gasteiger partial charge in [0.1, 0.15) is 5.75 Å². The van der Waals surface area contributed by atoms with E-state index in [2.05, 4.69) is 32.5 Å². The molecule has 1 aromatic heterocycles. The number of hydrogen-bond donors (Lipinski definition) is 2. The summed E-state index contributed by atoms with van der Waals surface area (Å²) >= 11 is 1.32. The Kier molecular flexibility index (Phi) is 7.84. The lowest BCUT2D eigenvalue weighted by molar-refractivity contribution is -0.119. The van der Waals surface area contributed by atoms with E-state index in [-0.39, 0.29) is 23.6 Å². The van der Waals surface area contributed by atoms with Crippen molar-refractivity contribution in [3.05, 3.63) is 60.2 Å². The first-order chi connectivity index (χ1) is 16.6. The Morgan fingerprint density at radius 1 is 1.03 bits per heavy atom. The zero-order valence-corrected chi connectivity index (χ0v) is 20.2. The summed E-state index contributed by atoms with van der Waals surface area (Å²) in [7, 11) is 1.64. The molecule has 8 nitrogen and oxygen atoms in total. The van der Waals surface area contributed by atoms with Gasteiger partial charge in [0, 0.05) is 17.2 Å². The van der Waals surface area contributed by atoms with Crippen molar-refractivity contribution in [3.8, 4) is 17.1 Å². The highest BCUT2D eigenvalue weighted by atomic mass is 32.2. The minimum absolute atomic E-state index is 0.108. The summed E-state index contributed by atoms with van der Waals surface area (Å²) in [4.78, 5) is 24.6. The van der Waals surface area contributed by atoms with Gasteiger partial charge in [-0.05, 0) is 55.2 Å². The lowest BCUT2D eigenvalue weighted by atomic mass is 9.85. The largest absolute Gasteiger partial charge is 0.497 e. The van der Waals surface area contributed by atoms with E-state index in [0.29, 0.717) is 16.6 Å². The third-order valence-corrected chi connectivity index (χ3v) is 7.04. The van der Waals surface area contributed by atoms with Gasteiger partial charge in [-0.3, -0.25) is 25.0 Å². The highest BCUT2D eigenvalue weighted by molar-refractivity contribution is 7.99. The van der Waals surface area contributed by atoms with Gasteiger partial charge in [-0.15, -0.1) is 10.2 Å². The molecule has 178 valence electrons. The second-order valence-corrected chi connectivity index (χ2v) is 9.33. The Hall–Kier alpha value is -3.33. The van der Waals surface area contributed by atoms with Crippen LogP contribution in [0, 0.1) is 5.92 Å². The van der Waals surface area contributed by atoms with Crippen LogP contribution in [0.3, 0.4) is 0 Å². The van der Waals surface area contributed by atoms with Crippen LogP contribution in [0.4, 0.5) is 0 Å². The zero-order valence-electron chi connectivity index (χ0n) is 19.4. The topological polar surface area (TPSA) is 98.1 Å². The predicted octanol–water partition coefficient (Wildman–Crippen LogP) is 4.26. The summed E-state index contributed by atoms with van der Waals surface area (Å²) in [6.45, 7) is 2.27. The maximum atomic E-state index is 12.4. The Morgan fingerprint density at radius 3 is 2.47 bits per heavy atom. The molecule has 0 radical (unpaired) electrons. The Bertz CT molecular complexity index is 1120. The summed E-state index contributed by atoms with van der Waals surface area (Å²) in [6, 6.07) is 16.8. The third-order valence-electron chi connectivity index (χ3n) is 6.09. The van der Waals surface area contributed by atoms with Crippen molar-refractivity contribution in [2.75, 3.05) is 12.9 Å². The fourth-order valence-corrected chi connectivity index (χ4v) is 5.04. The summed E-state index contributed by atoms with van der Waals surface area (Å²) in [5.74, 6) is 1.50. The van der Waals surface area contributed by atoms with Gasteiger partial charge in [0.2, 0.25) is 5.91 Å². The minimum atomic E-state index is -0.361. The van der Waals surface area contributed by atoms with Gasteiger partial charge in [-0.2, -0.15) is 0 Å². The molecule has 0 unspecified atom stereocenters. The molecule has 3 aromatic rings. The number of carbonyl (C=O) groups excluding carboxylic acids is 2. The van der Waals surface area contributed by atoms with E-state index in [0.717, 1.165) is 36.4 Å². The number of aromatic nitrogens is 3. The van der Waals surface area contributed by atoms with Crippen LogP contribution in [0.2, 0.25) is 0 Å². The average Bonchev–Trinajstić information content (AvgIpc) is 3.30. The Labute approximate surface area is 203 Å². The van der Waals surface area contributed by atoms with Crippen LogP contribution in [0.1, 0.15) is 49.0 Å². The van der Waals surface area contributed by atoms with Crippen molar-refractivity contribution in [2.24, 2.45) is 5.92 Å². The Balaban J connectivity index is 1.47. The second-order valence-electron chi connectivity index (χ2n) is 8.39. The molecule has 1 fully saturated rings. The molecule has 2 N–H and O–H groups in total. The molecule has 2 atom stereocenters. The number of methoxy groups -OCH3 is 1. The second kappa shape index (κ2) is 11.2. The summed E-state index contributed by atoms with van der Waals surface area (Å²) in [5, 5.41) is 9.63. The van der Waals surface area contributed by atoms with E-state index >= 15 is 0 Å². The van der Waals surface area contributed by atoms with E-state index < -0.39 is 0 Å². The van der Waals surface area contributed by atoms with Gasteiger partial charge in [0.05, 0.1) is 12.9 Å². The Morgan fingerprint density at radius 2 is 1.76 bits per heavy atom. The molecule has 4 rings (SSSR count). The first kappa shape index (κ1) is 23.8. The van der Waals surface area contributed by atoms with Crippen molar-refractivity contribution in [2.45, 2.75) is 43.8 Å². The molecule has 0 saturated heterocycles. The maximum absolute atomic E-state index is 12.4. The SMILES string of the molecule is COc1ccc(-c2nnc(SCC(=O)NNC(=O)c3ccccc3)n2[C@@H]2CCCC[C@@H]2C)cc1. The van der Waals surface area contributed by atoms with Crippen LogP contribution < -0.4 is 15.6 Å². The molecule has 1 saturated carbocycles. The van der Waals surface area contributed by atoms with Crippen LogP contribution in [-0.2, 0) is 4.79 Å². The number of rotatable bonds is 7. The maximum Gasteiger partial charge on any atom is 0.269 e. The number of hydrogen-bond acceptors (Lipinski definition) is 6. The van der Waals surface area contributed by atoms with Gasteiger partial charge in [0.15, 0.2) is 11.0 Å². The van der Waals surface area contributed by atoms with Crippen molar-refractivity contribution >= 4 is 23.6 Å². The minimum Gasteiger partial charge on any atom is -0.497 e. The fourth-order valence-electron chi connectivity index (χ4n) is 4.25. The van der Waals surface area contributed by atoms with Gasteiger partial charge in [-0.25, -0.2) is 0 Å². The van der Waals surface area contributed by atoms with Crippen molar-refractivity contribution in [1.29, 1.82) is 0 Å². The summed E-state index contributed by atoms with van der Waals surface area (Å²) in [6.07, 6.45) is 4.59. The number of hydrazine groups is 1. The predicted molar refractivity (Wildman–Crippen MR) is 131 cm³/mol. The van der Waals surface area contributed by atoms with Crippen LogP contribution in [0.15, 0.2) is 59.8 Å². The van der Waals surface area contributed by atoms with E-state index in [1.165, 1.54) is 18.2 Å². The van der Waals surface area contributed by atoms with Gasteiger partial charge in [0.25, 0.3) is 5.91 Å². The van der Waals surface area contributed by atoms with Crippen LogP contribution in [-0.4, -0.2) is 39.4 Å². The highest BCUT2D eigenvalue weighted by Crippen LogP contribution is 2.39. The molecule has 0 bridgehead atoms. The summed E-state index contributed by atoms with van der Waals surface area (Å²) < 4.78 is 7.47. The molecule has 1 heterocycles. The fraction of sp³-hybridized carbons (Fsp3) is 0.360. The van der Waals surface area contributed by atoms with Crippen molar-refractivity contribution < 1.29 is 14.3 Å². The zero-order chi connectivity index (χ0) is 23.9. The van der Waals surface area contributed by atoms with Gasteiger partial charge in [-0.1, -0.05) is 49.7 Å². The quantitative estimate of drug-likeness (QED) is 0.388. The number of thioether (sulfide) groups is 1. The number of amides is 2. The van der Waals surface area contributed by atoms with Crippen LogP contribution in [0.5, 0.6) is 5.75 Å². The normalized spacial score (nSPS) is 17.7. The van der Waals surface area contributed by atoms with Crippen molar-refractivity contribution in [3.63, 3.8) is 0 Å². The number of carbonyl (C=O) groups is 2. The lowest BCUT2D eigenvalue weighted by Gasteiger charge is -2.31. The van der Waals surface area contributed by atoms with Crippen LogP contribution in [0.25, 0.3) is 11.4 Å². The molecule has 1 aliphatic carbocycles. The van der Waals surface area contributed by atoms with Gasteiger partial charge >= 0.3 is 0 Å². The molecule has 0 spiro atoms. The molecule has 1 aliphatic rings. The monoisotopic (exact) mass is 479 g/mol. The smallest absolute Gasteiger partial charge is 0.269 e. The molecule has 2 amide bonds. The standard InChI is InChI=1S/C25H29N5O3S/c1-17-8-6-7-11-21(17)30-23(18-12-14-20(33-2)15-13-18)27-29-25(30)34-16-22(31)26-28-24(32)19-9-4-3-5-10-19/h3-5,9-10,12-15,17,21H,6-8,11,16H2,1-2H3,(H,26,31)(H,28,32)/t17-,21+/m0/s1. The summed E-state index contributed by atoms with van der Waals surface area (Å²) in [5.41, 5.74) is 6.37. The molecule has 0 aliphatic heterocycles. The van der Waals surface area contributed by atoms with Gasteiger partial charge < -0.3 is 4.74 Å². The molecule has 2 aromatic carbocycles. The van der Waals surface area contributed by atoms with Crippen molar-refractivity contribution in [1.82, 2.24) is 25.6 Å². The molecule has 34 heavy (non-hydrogen) atoms. The number of nitrogens with one attached hydrogen (secondary N) is 2. The average molecular weight is 480 g/mol. The van der Waals surface area contributed by atoms with Crippen LogP contribution >= 0.6 is 11.8 Å². The third kappa shape index (κ3) is 5.59. The number of nitrogens with zero attached hydrogens (tertiary/aromatic N) is 3. The highest BCUT2D eigenvalue weighted by Gasteiger charge is 2.29. The molecular formula is C25H29N5O3S. The molecule has 9 heteroatoms. The first-order valence-electron chi connectivity index (χ1n) is 11.4. The number of ether oxygens (including phenoxy) is 1. The lowest BCUT2D eigenvalue weighted by Crippen LogP contribution is -2.42.